The monoisotopic (exact) mass is 571 g/mol. The normalized spacial score (nSPS) is 12.9. The van der Waals surface area contributed by atoms with Gasteiger partial charge in [-0.25, -0.2) is 8.42 Å². The van der Waals surface area contributed by atoms with Crippen molar-refractivity contribution >= 4 is 50.7 Å². The molecule has 1 N–H and O–H groups in total. The number of hydrogen-bond donors (Lipinski definition) is 1. The maximum atomic E-state index is 13.4. The lowest BCUT2D eigenvalue weighted by Gasteiger charge is -2.30. The molecule has 0 saturated heterocycles. The fourth-order valence-electron chi connectivity index (χ4n) is 3.70. The van der Waals surface area contributed by atoms with Gasteiger partial charge in [-0.1, -0.05) is 48.3 Å². The fourth-order valence-corrected chi connectivity index (χ4v) is 4.99. The number of ether oxygens (including phenoxy) is 1. The van der Waals surface area contributed by atoms with Gasteiger partial charge in [-0.05, 0) is 56.5 Å². The first kappa shape index (κ1) is 30.7. The Hall–Kier alpha value is -2.49. The Morgan fingerprint density at radius 3 is 2.35 bits per heavy atom. The molecule has 0 aromatic heterocycles. The number of sulfonamides is 1. The first-order chi connectivity index (χ1) is 17.4. The molecule has 204 valence electrons. The molecule has 0 radical (unpaired) electrons. The molecule has 2 aromatic rings. The lowest BCUT2D eigenvalue weighted by molar-refractivity contribution is -0.140. The number of carbonyl (C=O) groups excluding carboxylic acids is 2. The van der Waals surface area contributed by atoms with Crippen molar-refractivity contribution in [3.05, 3.63) is 58.1 Å². The van der Waals surface area contributed by atoms with Gasteiger partial charge in [0.2, 0.25) is 21.8 Å². The minimum absolute atomic E-state index is 0.0312. The van der Waals surface area contributed by atoms with E-state index in [-0.39, 0.29) is 43.8 Å². The van der Waals surface area contributed by atoms with E-state index in [0.717, 1.165) is 18.2 Å². The lowest BCUT2D eigenvalue weighted by Crippen LogP contribution is -2.49. The number of amides is 2. The molecule has 0 aliphatic carbocycles. The molecule has 0 unspecified atom stereocenters. The number of carbonyl (C=O) groups is 2. The fraction of sp³-hybridized carbons (Fsp3) is 0.462. The van der Waals surface area contributed by atoms with Crippen molar-refractivity contribution in [1.82, 2.24) is 10.2 Å². The molecule has 0 saturated carbocycles. The molecule has 37 heavy (non-hydrogen) atoms. The summed E-state index contributed by atoms with van der Waals surface area (Å²) in [5.74, 6) is -0.142. The minimum Gasteiger partial charge on any atom is -0.495 e. The Labute approximate surface area is 229 Å². The topological polar surface area (TPSA) is 96.0 Å². The predicted octanol–water partition coefficient (Wildman–Crippen LogP) is 4.88. The van der Waals surface area contributed by atoms with E-state index in [9.17, 15) is 18.0 Å². The van der Waals surface area contributed by atoms with Gasteiger partial charge in [-0.2, -0.15) is 0 Å². The van der Waals surface area contributed by atoms with E-state index in [2.05, 4.69) is 5.32 Å². The first-order valence-corrected chi connectivity index (χ1v) is 14.6. The second-order valence-electron chi connectivity index (χ2n) is 8.87. The quantitative estimate of drug-likeness (QED) is 0.369. The molecular weight excluding hydrogens is 537 g/mol. The molecule has 0 fully saturated rings. The van der Waals surface area contributed by atoms with Crippen LogP contribution in [0, 0.1) is 0 Å². The van der Waals surface area contributed by atoms with E-state index in [0.29, 0.717) is 21.5 Å². The van der Waals surface area contributed by atoms with Crippen molar-refractivity contribution < 1.29 is 22.7 Å². The third kappa shape index (κ3) is 8.79. The van der Waals surface area contributed by atoms with Crippen molar-refractivity contribution in [2.45, 2.75) is 58.7 Å². The molecule has 2 aromatic carbocycles. The molecule has 11 heteroatoms. The van der Waals surface area contributed by atoms with Crippen LogP contribution >= 0.6 is 23.2 Å². The highest BCUT2D eigenvalue weighted by atomic mass is 35.5. The summed E-state index contributed by atoms with van der Waals surface area (Å²) in [6.07, 6.45) is 2.13. The van der Waals surface area contributed by atoms with Gasteiger partial charge < -0.3 is 15.0 Å². The zero-order valence-corrected chi connectivity index (χ0v) is 24.2. The summed E-state index contributed by atoms with van der Waals surface area (Å²) in [7, 11) is -2.17. The summed E-state index contributed by atoms with van der Waals surface area (Å²) < 4.78 is 31.6. The molecule has 8 nitrogen and oxygen atoms in total. The van der Waals surface area contributed by atoms with Crippen LogP contribution in [0.2, 0.25) is 10.0 Å². The average Bonchev–Trinajstić information content (AvgIpc) is 2.85. The standard InChI is InChI=1S/C26H35Cl2N3O5S/c1-6-18(2)29-26(33)19(3)30(17-20-13-14-21(27)22(28)16-20)25(32)12-9-15-31(37(5,34)35)23-10-7-8-11-24(23)36-4/h7-8,10-11,13-14,16,18-19H,6,9,12,15,17H2,1-5H3,(H,29,33)/t18-,19-/m1/s1. The smallest absolute Gasteiger partial charge is 0.242 e. The Balaban J connectivity index is 2.23. The van der Waals surface area contributed by atoms with E-state index in [1.807, 2.05) is 13.8 Å². The molecule has 2 atom stereocenters. The Morgan fingerprint density at radius 2 is 1.76 bits per heavy atom. The van der Waals surface area contributed by atoms with Gasteiger partial charge in [0, 0.05) is 25.6 Å². The van der Waals surface area contributed by atoms with Gasteiger partial charge in [0.1, 0.15) is 11.8 Å². The van der Waals surface area contributed by atoms with Crippen LogP contribution in [0.25, 0.3) is 0 Å². The van der Waals surface area contributed by atoms with Crippen molar-refractivity contribution in [1.29, 1.82) is 0 Å². The molecule has 0 aliphatic heterocycles. The SMILES string of the molecule is CC[C@@H](C)NC(=O)[C@@H](C)N(Cc1ccc(Cl)c(Cl)c1)C(=O)CCCN(c1ccccc1OC)S(C)(=O)=O. The molecule has 0 spiro atoms. The average molecular weight is 573 g/mol. The number of halogens is 2. The molecule has 2 rings (SSSR count). The number of anilines is 1. The first-order valence-electron chi connectivity index (χ1n) is 12.0. The molecule has 0 aliphatic rings. The summed E-state index contributed by atoms with van der Waals surface area (Å²) in [4.78, 5) is 27.7. The van der Waals surface area contributed by atoms with E-state index >= 15 is 0 Å². The Kier molecular flexibility index (Phi) is 11.5. The molecule has 2 amide bonds. The summed E-state index contributed by atoms with van der Waals surface area (Å²) >= 11 is 12.2. The second-order valence-corrected chi connectivity index (χ2v) is 11.6. The highest BCUT2D eigenvalue weighted by molar-refractivity contribution is 7.92. The van der Waals surface area contributed by atoms with E-state index in [4.69, 9.17) is 27.9 Å². The summed E-state index contributed by atoms with van der Waals surface area (Å²) in [5, 5.41) is 3.66. The van der Waals surface area contributed by atoms with Crippen molar-refractivity contribution in [3.63, 3.8) is 0 Å². The number of rotatable bonds is 13. The number of nitrogens with one attached hydrogen (secondary N) is 1. The van der Waals surface area contributed by atoms with Gasteiger partial charge >= 0.3 is 0 Å². The lowest BCUT2D eigenvalue weighted by atomic mass is 10.1. The van der Waals surface area contributed by atoms with Gasteiger partial charge in [0.15, 0.2) is 0 Å². The maximum Gasteiger partial charge on any atom is 0.242 e. The van der Waals surface area contributed by atoms with Gasteiger partial charge in [0.05, 0.1) is 29.1 Å². The highest BCUT2D eigenvalue weighted by Crippen LogP contribution is 2.30. The van der Waals surface area contributed by atoms with E-state index in [1.54, 1.807) is 49.4 Å². The number of nitrogens with zero attached hydrogens (tertiary/aromatic N) is 2. The summed E-state index contributed by atoms with van der Waals surface area (Å²) in [6.45, 7) is 5.74. The molecule has 0 heterocycles. The number of benzene rings is 2. The molecule has 0 bridgehead atoms. The highest BCUT2D eigenvalue weighted by Gasteiger charge is 2.28. The zero-order valence-electron chi connectivity index (χ0n) is 21.8. The van der Waals surface area contributed by atoms with Crippen LogP contribution in [0.1, 0.15) is 45.6 Å². The van der Waals surface area contributed by atoms with Crippen LogP contribution in [0.4, 0.5) is 5.69 Å². The Morgan fingerprint density at radius 1 is 1.08 bits per heavy atom. The summed E-state index contributed by atoms with van der Waals surface area (Å²) in [6, 6.07) is 11.1. The number of para-hydroxylation sites is 2. The zero-order chi connectivity index (χ0) is 27.8. The maximum absolute atomic E-state index is 13.4. The van der Waals surface area contributed by atoms with Gasteiger partial charge in [0.25, 0.3) is 0 Å². The van der Waals surface area contributed by atoms with E-state index < -0.39 is 16.1 Å². The van der Waals surface area contributed by atoms with Crippen LogP contribution < -0.4 is 14.4 Å². The predicted molar refractivity (Wildman–Crippen MR) is 149 cm³/mol. The molecular formula is C26H35Cl2N3O5S. The van der Waals surface area contributed by atoms with Crippen LogP contribution in [0.5, 0.6) is 5.75 Å². The van der Waals surface area contributed by atoms with Gasteiger partial charge in [-0.3, -0.25) is 13.9 Å². The van der Waals surface area contributed by atoms with Crippen LogP contribution in [-0.4, -0.2) is 57.1 Å². The largest absolute Gasteiger partial charge is 0.495 e. The summed E-state index contributed by atoms with van der Waals surface area (Å²) in [5.41, 5.74) is 1.12. The Bertz CT molecular complexity index is 1190. The van der Waals surface area contributed by atoms with Gasteiger partial charge in [-0.15, -0.1) is 0 Å². The third-order valence-electron chi connectivity index (χ3n) is 6.01. The second kappa shape index (κ2) is 13.9. The van der Waals surface area contributed by atoms with Crippen molar-refractivity contribution in [2.24, 2.45) is 0 Å². The van der Waals surface area contributed by atoms with Crippen LogP contribution in [0.3, 0.4) is 0 Å². The van der Waals surface area contributed by atoms with Crippen molar-refractivity contribution in [2.75, 3.05) is 24.2 Å². The minimum atomic E-state index is -3.64. The van der Waals surface area contributed by atoms with E-state index in [1.165, 1.54) is 16.3 Å². The van der Waals surface area contributed by atoms with Crippen LogP contribution in [-0.2, 0) is 26.2 Å². The third-order valence-corrected chi connectivity index (χ3v) is 7.93. The number of methoxy groups -OCH3 is 1. The number of hydrogen-bond acceptors (Lipinski definition) is 5. The van der Waals surface area contributed by atoms with Crippen molar-refractivity contribution in [3.8, 4) is 5.75 Å². The van der Waals surface area contributed by atoms with Crippen LogP contribution in [0.15, 0.2) is 42.5 Å².